The van der Waals surface area contributed by atoms with E-state index in [1.807, 2.05) is 0 Å². The molecule has 7 heavy (non-hydrogen) atoms. The first-order valence-corrected chi connectivity index (χ1v) is 1.92. The highest BCUT2D eigenvalue weighted by Gasteiger charge is 1.83. The third-order valence-corrected chi connectivity index (χ3v) is 0.445. The fraction of sp³-hybridized carbons (Fsp3) is 0.500. The maximum Gasteiger partial charge on any atom is 0.350 e. The van der Waals surface area contributed by atoms with E-state index in [4.69, 9.17) is 5.21 Å². The fourth-order valence-corrected chi connectivity index (χ4v) is 0.173. The average molecular weight is 100 g/mol. The lowest BCUT2D eigenvalue weighted by Crippen LogP contribution is -1.68. The number of carbonyl (C=O) groups excluding carboxylic acids is 1. The normalized spacial score (nSPS) is 6.29. The Hall–Kier alpha value is -1.04. The van der Waals surface area contributed by atoms with E-state index in [9.17, 15) is 4.79 Å². The summed E-state index contributed by atoms with van der Waals surface area (Å²) in [6.07, 6.45) is 1.53. The summed E-state index contributed by atoms with van der Waals surface area (Å²) < 4.78 is 0. The van der Waals surface area contributed by atoms with Crippen molar-refractivity contribution in [1.82, 2.24) is 0 Å². The largest absolute Gasteiger partial charge is 0.350 e. The van der Waals surface area contributed by atoms with E-state index in [-0.39, 0.29) is 0 Å². The molecular formula is C4H6NO2+. The third kappa shape index (κ3) is 4.96. The second kappa shape index (κ2) is 4.96. The summed E-state index contributed by atoms with van der Waals surface area (Å²) in [6.45, 7) is 0. The molecule has 0 unspecified atom stereocenters. The van der Waals surface area contributed by atoms with Crippen LogP contribution < -0.4 is 0 Å². The van der Waals surface area contributed by atoms with Crippen LogP contribution in [0, 0.1) is 6.07 Å². The lowest BCUT2D eigenvalue weighted by molar-refractivity contribution is -0.107. The maximum absolute atomic E-state index is 9.52. The molecule has 0 aliphatic rings. The zero-order chi connectivity index (χ0) is 5.54. The van der Waals surface area contributed by atoms with Gasteiger partial charge < -0.3 is 4.79 Å². The van der Waals surface area contributed by atoms with Crippen LogP contribution in [0.4, 0.5) is 0 Å². The van der Waals surface area contributed by atoms with Crippen molar-refractivity contribution in [3.63, 3.8) is 0 Å². The van der Waals surface area contributed by atoms with Gasteiger partial charge in [0.1, 0.15) is 6.29 Å². The minimum atomic E-state index is 0.379. The van der Waals surface area contributed by atoms with Crippen molar-refractivity contribution in [2.24, 2.45) is 0 Å². The van der Waals surface area contributed by atoms with Crippen LogP contribution in [0.3, 0.4) is 0 Å². The SMILES string of the molecule is O=CCCC#[N+]O. The van der Waals surface area contributed by atoms with Crippen LogP contribution in [0.15, 0.2) is 0 Å². The highest BCUT2D eigenvalue weighted by atomic mass is 16.4. The Morgan fingerprint density at radius 3 is 3.00 bits per heavy atom. The van der Waals surface area contributed by atoms with Crippen LogP contribution >= 0.6 is 0 Å². The van der Waals surface area contributed by atoms with E-state index in [2.05, 4.69) is 11.1 Å². The van der Waals surface area contributed by atoms with Crippen molar-refractivity contribution in [2.75, 3.05) is 0 Å². The monoisotopic (exact) mass is 100 g/mol. The molecule has 0 aromatic heterocycles. The summed E-state index contributed by atoms with van der Waals surface area (Å²) in [5, 5.41) is 10.3. The maximum atomic E-state index is 9.52. The second-order valence-corrected chi connectivity index (χ2v) is 0.963. The molecule has 0 bridgehead atoms. The Morgan fingerprint density at radius 1 is 1.86 bits per heavy atom. The van der Waals surface area contributed by atoms with Gasteiger partial charge >= 0.3 is 6.07 Å². The minimum absolute atomic E-state index is 0.379. The van der Waals surface area contributed by atoms with E-state index in [0.29, 0.717) is 12.8 Å². The number of aldehydes is 1. The number of carbonyl (C=O) groups is 1. The van der Waals surface area contributed by atoms with E-state index in [1.54, 1.807) is 0 Å². The molecule has 0 fully saturated rings. The summed E-state index contributed by atoms with van der Waals surface area (Å²) in [4.78, 5) is 9.52. The highest BCUT2D eigenvalue weighted by Crippen LogP contribution is 1.78. The molecule has 0 spiro atoms. The molecular weight excluding hydrogens is 94.0 g/mol. The molecule has 1 N–H and O–H groups in total. The zero-order valence-electron chi connectivity index (χ0n) is 3.79. The summed E-state index contributed by atoms with van der Waals surface area (Å²) in [5.41, 5.74) is 0. The standard InChI is InChI=1S/C4H5NO2/c6-4-2-1-3-5-7/h4H,1-2H2/p+1. The molecule has 3 nitrogen and oxygen atoms in total. The van der Waals surface area contributed by atoms with E-state index in [1.165, 1.54) is 0 Å². The third-order valence-electron chi connectivity index (χ3n) is 0.445. The highest BCUT2D eigenvalue weighted by molar-refractivity contribution is 5.49. The van der Waals surface area contributed by atoms with Crippen molar-refractivity contribution in [3.05, 3.63) is 5.01 Å². The molecule has 0 aromatic carbocycles. The Kier molecular flexibility index (Phi) is 4.22. The first-order valence-electron chi connectivity index (χ1n) is 1.92. The molecule has 0 aliphatic carbocycles. The van der Waals surface area contributed by atoms with Gasteiger partial charge in [-0.05, 0) is 0 Å². The fourth-order valence-electron chi connectivity index (χ4n) is 0.173. The molecule has 0 heterocycles. The van der Waals surface area contributed by atoms with E-state index < -0.39 is 0 Å². The van der Waals surface area contributed by atoms with Crippen LogP contribution in [0.25, 0.3) is 5.01 Å². The first-order chi connectivity index (χ1) is 3.41. The van der Waals surface area contributed by atoms with Crippen LogP contribution in [-0.2, 0) is 4.79 Å². The van der Waals surface area contributed by atoms with Crippen LogP contribution in [-0.4, -0.2) is 11.5 Å². The Labute approximate surface area is 41.3 Å². The van der Waals surface area contributed by atoms with Gasteiger partial charge in [-0.25, -0.2) is 0 Å². The summed E-state index contributed by atoms with van der Waals surface area (Å²) in [6, 6.07) is 2.20. The van der Waals surface area contributed by atoms with Crippen molar-refractivity contribution in [1.29, 1.82) is 0 Å². The van der Waals surface area contributed by atoms with Crippen LogP contribution in [0.2, 0.25) is 0 Å². The van der Waals surface area contributed by atoms with Crippen LogP contribution in [0.5, 0.6) is 0 Å². The summed E-state index contributed by atoms with van der Waals surface area (Å²) >= 11 is 0. The van der Waals surface area contributed by atoms with Gasteiger partial charge in [0.15, 0.2) is 0 Å². The molecule has 0 saturated carbocycles. The van der Waals surface area contributed by atoms with Gasteiger partial charge in [0.25, 0.3) is 0 Å². The number of nitrogens with zero attached hydrogens (tertiary/aromatic N) is 1. The molecule has 0 atom stereocenters. The second-order valence-electron chi connectivity index (χ2n) is 0.963. The van der Waals surface area contributed by atoms with Gasteiger partial charge in [0, 0.05) is 6.42 Å². The average Bonchev–Trinajstić information content (AvgIpc) is 1.69. The molecule has 0 aliphatic heterocycles. The topological polar surface area (TPSA) is 41.7 Å². The predicted molar refractivity (Wildman–Crippen MR) is 24.3 cm³/mol. The molecule has 0 saturated heterocycles. The lowest BCUT2D eigenvalue weighted by atomic mass is 10.4. The molecule has 0 aromatic rings. The number of rotatable bonds is 2. The van der Waals surface area contributed by atoms with Crippen molar-refractivity contribution in [2.45, 2.75) is 12.8 Å². The molecule has 38 valence electrons. The van der Waals surface area contributed by atoms with Crippen molar-refractivity contribution in [3.8, 4) is 6.07 Å². The predicted octanol–water partition coefficient (Wildman–Crippen LogP) is 0.688. The Bertz CT molecular complexity index is 100.0. The van der Waals surface area contributed by atoms with Crippen molar-refractivity contribution >= 4 is 6.29 Å². The van der Waals surface area contributed by atoms with Gasteiger partial charge in [0.2, 0.25) is 5.01 Å². The quantitative estimate of drug-likeness (QED) is 0.315. The minimum Gasteiger partial charge on any atom is -0.303 e. The Morgan fingerprint density at radius 2 is 2.57 bits per heavy atom. The molecule has 0 rings (SSSR count). The van der Waals surface area contributed by atoms with Gasteiger partial charge in [-0.15, -0.1) is 0 Å². The van der Waals surface area contributed by atoms with Crippen molar-refractivity contribution < 1.29 is 10.0 Å². The number of hydrogen-bond acceptors (Lipinski definition) is 2. The van der Waals surface area contributed by atoms with E-state index >= 15 is 0 Å². The van der Waals surface area contributed by atoms with Gasteiger partial charge in [-0.3, -0.25) is 0 Å². The lowest BCUT2D eigenvalue weighted by Gasteiger charge is -1.62. The smallest absolute Gasteiger partial charge is 0.303 e. The molecule has 0 radical (unpaired) electrons. The molecule has 3 heteroatoms. The molecule has 0 amide bonds. The number of hydrogen-bond donors (Lipinski definition) is 1. The number of unbranched alkanes of at least 4 members (excludes halogenated alkanes) is 1. The summed E-state index contributed by atoms with van der Waals surface area (Å²) in [7, 11) is 0. The van der Waals surface area contributed by atoms with Gasteiger partial charge in [0.05, 0.1) is 6.42 Å². The van der Waals surface area contributed by atoms with E-state index in [0.717, 1.165) is 6.29 Å². The first kappa shape index (κ1) is 5.96. The van der Waals surface area contributed by atoms with Crippen LogP contribution in [0.1, 0.15) is 12.8 Å². The zero-order valence-corrected chi connectivity index (χ0v) is 3.79. The van der Waals surface area contributed by atoms with Gasteiger partial charge in [-0.1, -0.05) is 0 Å². The van der Waals surface area contributed by atoms with Gasteiger partial charge in [-0.2, -0.15) is 5.21 Å². The Balaban J connectivity index is 2.92. The summed E-state index contributed by atoms with van der Waals surface area (Å²) in [5.74, 6) is 0.